The molecule has 0 heterocycles. The van der Waals surface area contributed by atoms with Crippen molar-refractivity contribution in [3.05, 3.63) is 58.7 Å². The quantitative estimate of drug-likeness (QED) is 0.0802. The molecular weight excluding hydrogens is 617 g/mol. The summed E-state index contributed by atoms with van der Waals surface area (Å²) in [5, 5.41) is 60.0. The summed E-state index contributed by atoms with van der Waals surface area (Å²) in [5.41, 5.74) is 1.19. The summed E-state index contributed by atoms with van der Waals surface area (Å²) in [5.74, 6) is -0.516. The number of quaternary nitrogens is 2. The zero-order valence-electron chi connectivity index (χ0n) is 21.2. The summed E-state index contributed by atoms with van der Waals surface area (Å²) >= 11 is 0. The molecule has 0 bridgehead atoms. The second-order valence-corrected chi connectivity index (χ2v) is 12.4. The summed E-state index contributed by atoms with van der Waals surface area (Å²) < 4.78 is 24.0. The molecule has 4 unspecified atom stereocenters. The largest absolute Gasteiger partial charge is 1.00 e. The minimum atomic E-state index is -4.75. The Kier molecular flexibility index (Phi) is 16.4. The van der Waals surface area contributed by atoms with Gasteiger partial charge in [-0.1, -0.05) is 12.1 Å². The monoisotopic (exact) mass is 652 g/mol. The molecule has 40 heavy (non-hydrogen) atoms. The van der Waals surface area contributed by atoms with Crippen LogP contribution in [0.15, 0.2) is 36.4 Å². The lowest BCUT2D eigenvalue weighted by molar-refractivity contribution is -0.999. The van der Waals surface area contributed by atoms with Crippen molar-refractivity contribution in [2.75, 3.05) is 25.8 Å². The van der Waals surface area contributed by atoms with Crippen LogP contribution in [-0.2, 0) is 35.4 Å². The summed E-state index contributed by atoms with van der Waals surface area (Å²) in [6.07, 6.45) is -1.69. The molecule has 0 aliphatic carbocycles. The zero-order chi connectivity index (χ0) is 28.7. The highest BCUT2D eigenvalue weighted by molar-refractivity contribution is 7.51. The van der Waals surface area contributed by atoms with Gasteiger partial charge in [0.05, 0.1) is 13.2 Å². The smallest absolute Gasteiger partial charge is 0.379 e. The van der Waals surface area contributed by atoms with Crippen molar-refractivity contribution in [2.24, 2.45) is 0 Å². The lowest BCUT2D eigenvalue weighted by atomic mass is 10.0. The van der Waals surface area contributed by atoms with Crippen molar-refractivity contribution in [3.8, 4) is 11.5 Å². The SMILES string of the molecule is O=P(O)(O)C[NH+](Cc1ccc(CO)cc1O)C(CO)C(CO)[NH+](Cc1cc(CO)ccc1O)CP(=O)(O)O.[Cl-].[Cl-]. The Morgan fingerprint density at radius 2 is 1.05 bits per heavy atom. The van der Waals surface area contributed by atoms with Crippen molar-refractivity contribution in [3.63, 3.8) is 0 Å². The normalized spacial score (nSPS) is 14.9. The molecule has 2 aromatic carbocycles. The zero-order valence-corrected chi connectivity index (χ0v) is 24.5. The van der Waals surface area contributed by atoms with Gasteiger partial charge in [0.15, 0.2) is 24.7 Å². The maximum Gasteiger partial charge on any atom is 0.379 e. The van der Waals surface area contributed by atoms with E-state index in [-0.39, 0.29) is 83.5 Å². The summed E-state index contributed by atoms with van der Waals surface area (Å²) in [4.78, 5) is 39.0. The Morgan fingerprint density at radius 1 is 0.625 bits per heavy atom. The van der Waals surface area contributed by atoms with Crippen molar-refractivity contribution in [2.45, 2.75) is 38.4 Å². The van der Waals surface area contributed by atoms with Crippen molar-refractivity contribution < 1.29 is 94.0 Å². The fraction of sp³-hybridized carbons (Fsp3) is 0.455. The van der Waals surface area contributed by atoms with Crippen LogP contribution in [0.2, 0.25) is 0 Å². The number of benzene rings is 2. The predicted molar refractivity (Wildman–Crippen MR) is 133 cm³/mol. The van der Waals surface area contributed by atoms with Crippen LogP contribution in [0.4, 0.5) is 0 Å². The first-order chi connectivity index (χ1) is 17.7. The third kappa shape index (κ3) is 11.9. The number of rotatable bonds is 15. The van der Waals surface area contributed by atoms with Crippen LogP contribution in [0.5, 0.6) is 11.5 Å². The third-order valence-corrected chi connectivity index (χ3v) is 7.88. The third-order valence-electron chi connectivity index (χ3n) is 6.24. The molecule has 0 aliphatic heterocycles. The van der Waals surface area contributed by atoms with Crippen molar-refractivity contribution in [1.29, 1.82) is 0 Å². The Labute approximate surface area is 243 Å². The average molecular weight is 653 g/mol. The molecule has 230 valence electrons. The highest BCUT2D eigenvalue weighted by atomic mass is 35.5. The second kappa shape index (κ2) is 17.0. The number of hydrogen-bond donors (Lipinski definition) is 12. The van der Waals surface area contributed by atoms with Crippen LogP contribution in [0.25, 0.3) is 0 Å². The van der Waals surface area contributed by atoms with Crippen molar-refractivity contribution in [1.82, 2.24) is 0 Å². The Bertz CT molecular complexity index is 1170. The Morgan fingerprint density at radius 3 is 1.45 bits per heavy atom. The van der Waals surface area contributed by atoms with E-state index in [1.54, 1.807) is 0 Å². The molecule has 2 rings (SSSR count). The summed E-state index contributed by atoms with van der Waals surface area (Å²) in [7, 11) is -9.50. The lowest BCUT2D eigenvalue weighted by Crippen LogP contribution is -3.26. The second-order valence-electron chi connectivity index (χ2n) is 9.14. The predicted octanol–water partition coefficient (Wildman–Crippen LogP) is -9.45. The van der Waals surface area contributed by atoms with E-state index < -0.39 is 53.1 Å². The molecule has 12 N–H and O–H groups in total. The van der Waals surface area contributed by atoms with Crippen LogP contribution < -0.4 is 34.6 Å². The van der Waals surface area contributed by atoms with E-state index in [1.165, 1.54) is 36.4 Å². The van der Waals surface area contributed by atoms with Crippen LogP contribution in [0.1, 0.15) is 22.3 Å². The molecule has 2 aromatic rings. The molecule has 0 radical (unpaired) electrons. The number of aliphatic hydroxyl groups is 4. The first-order valence-corrected chi connectivity index (χ1v) is 15.1. The van der Waals surface area contributed by atoms with Crippen LogP contribution in [-0.4, -0.2) is 88.1 Å². The first kappa shape index (κ1) is 38.7. The fourth-order valence-corrected chi connectivity index (χ4v) is 6.20. The molecule has 14 nitrogen and oxygen atoms in total. The molecule has 18 heteroatoms. The fourth-order valence-electron chi connectivity index (χ4n) is 4.44. The number of aliphatic hydroxyl groups excluding tert-OH is 4. The number of nitrogens with one attached hydrogen (secondary N) is 2. The van der Waals surface area contributed by atoms with Gasteiger partial charge in [-0.05, 0) is 35.4 Å². The van der Waals surface area contributed by atoms with Gasteiger partial charge in [0.25, 0.3) is 0 Å². The lowest BCUT2D eigenvalue weighted by Gasteiger charge is -2.36. The number of phenolic OH excluding ortho intramolecular Hbond substituents is 2. The maximum atomic E-state index is 12.0. The topological polar surface area (TPSA) is 245 Å². The van der Waals surface area contributed by atoms with Crippen LogP contribution >= 0.6 is 15.2 Å². The van der Waals surface area contributed by atoms with E-state index >= 15 is 0 Å². The van der Waals surface area contributed by atoms with E-state index in [0.29, 0.717) is 11.1 Å². The van der Waals surface area contributed by atoms with Crippen LogP contribution in [0.3, 0.4) is 0 Å². The molecular formula is C22H36Cl2N2O12P2. The Balaban J connectivity index is 0.00000760. The van der Waals surface area contributed by atoms with Gasteiger partial charge in [-0.15, -0.1) is 0 Å². The van der Waals surface area contributed by atoms with Gasteiger partial charge in [-0.2, -0.15) is 0 Å². The highest BCUT2D eigenvalue weighted by Gasteiger charge is 2.42. The summed E-state index contributed by atoms with van der Waals surface area (Å²) in [6.45, 7) is -2.78. The van der Waals surface area contributed by atoms with Crippen LogP contribution in [0, 0.1) is 0 Å². The molecule has 0 amide bonds. The van der Waals surface area contributed by atoms with Gasteiger partial charge in [0.1, 0.15) is 37.8 Å². The number of halogens is 2. The average Bonchev–Trinajstić information content (AvgIpc) is 2.82. The minimum absolute atomic E-state index is 0. The van der Waals surface area contributed by atoms with E-state index in [4.69, 9.17) is 0 Å². The summed E-state index contributed by atoms with van der Waals surface area (Å²) in [6, 6.07) is 5.94. The molecule has 0 saturated carbocycles. The van der Waals surface area contributed by atoms with Crippen molar-refractivity contribution >= 4 is 15.2 Å². The van der Waals surface area contributed by atoms with Gasteiger partial charge in [-0.25, -0.2) is 0 Å². The van der Waals surface area contributed by atoms with Gasteiger partial charge in [-0.3, -0.25) is 9.13 Å². The highest BCUT2D eigenvalue weighted by Crippen LogP contribution is 2.32. The molecule has 4 atom stereocenters. The maximum absolute atomic E-state index is 12.0. The van der Waals surface area contributed by atoms with Gasteiger partial charge in [0.2, 0.25) is 0 Å². The van der Waals surface area contributed by atoms with Gasteiger partial charge < -0.3 is 84.8 Å². The molecule has 0 aliphatic rings. The van der Waals surface area contributed by atoms with E-state index in [0.717, 1.165) is 0 Å². The van der Waals surface area contributed by atoms with E-state index in [1.807, 2.05) is 0 Å². The molecule has 0 aromatic heterocycles. The number of hydrogen-bond acceptors (Lipinski definition) is 8. The van der Waals surface area contributed by atoms with E-state index in [9.17, 15) is 59.3 Å². The first-order valence-electron chi connectivity index (χ1n) is 11.5. The molecule has 0 saturated heterocycles. The number of aromatic hydroxyl groups is 2. The molecule has 0 spiro atoms. The van der Waals surface area contributed by atoms with E-state index in [2.05, 4.69) is 0 Å². The minimum Gasteiger partial charge on any atom is -1.00 e. The standard InChI is InChI=1S/C22H34N2O12P2.2ClH/c25-9-15-2-4-21(29)18(5-15)8-24(14-38(34,35)36)20(12-28)19(11-27)23(13-37(31,32)33)7-17-3-1-16(10-26)6-22(17)30;;/h1-6,19-20,25-30H,7-14H2,(H2,31,32,33)(H2,34,35,36);2*1H. The van der Waals surface area contributed by atoms with Gasteiger partial charge in [0, 0.05) is 11.1 Å². The number of phenols is 2. The van der Waals surface area contributed by atoms with Gasteiger partial charge >= 0.3 is 15.2 Å². The Hall–Kier alpha value is -1.32. The molecule has 0 fully saturated rings.